The summed E-state index contributed by atoms with van der Waals surface area (Å²) in [5.41, 5.74) is 4.91. The van der Waals surface area contributed by atoms with E-state index in [1.54, 1.807) is 11.7 Å². The van der Waals surface area contributed by atoms with Gasteiger partial charge in [0.25, 0.3) is 5.91 Å². The minimum absolute atomic E-state index is 0.434. The number of pyridine rings is 1. The monoisotopic (exact) mass is 328 g/mol. The van der Waals surface area contributed by atoms with Crippen molar-refractivity contribution in [2.75, 3.05) is 19.6 Å². The van der Waals surface area contributed by atoms with E-state index < -0.39 is 5.91 Å². The minimum Gasteiger partial charge on any atom is -0.299 e. The number of hydrogen-bond donors (Lipinski definition) is 2. The molecule has 5 rings (SSSR count). The number of nitrogens with zero attached hydrogens (tertiary/aromatic N) is 3. The van der Waals surface area contributed by atoms with E-state index in [9.17, 15) is 4.79 Å². The molecule has 1 amide bonds. The van der Waals surface area contributed by atoms with Crippen molar-refractivity contribution in [3.05, 3.63) is 29.1 Å². The van der Waals surface area contributed by atoms with E-state index >= 15 is 0 Å². The van der Waals surface area contributed by atoms with Crippen LogP contribution in [-0.4, -0.2) is 57.6 Å². The van der Waals surface area contributed by atoms with Crippen LogP contribution in [-0.2, 0) is 13.0 Å². The van der Waals surface area contributed by atoms with Crippen LogP contribution in [0.3, 0.4) is 0 Å². The summed E-state index contributed by atoms with van der Waals surface area (Å²) >= 11 is 0. The van der Waals surface area contributed by atoms with Crippen LogP contribution in [0.1, 0.15) is 47.3 Å². The Hall–Kier alpha value is -1.50. The highest BCUT2D eigenvalue weighted by molar-refractivity contribution is 5.93. The molecule has 4 aliphatic rings. The molecule has 0 bridgehead atoms. The van der Waals surface area contributed by atoms with Crippen LogP contribution in [0.5, 0.6) is 0 Å². The zero-order valence-corrected chi connectivity index (χ0v) is 13.9. The Labute approximate surface area is 141 Å². The van der Waals surface area contributed by atoms with Gasteiger partial charge >= 0.3 is 0 Å². The molecule has 1 aromatic heterocycles. The van der Waals surface area contributed by atoms with Gasteiger partial charge in [0.15, 0.2) is 0 Å². The minimum atomic E-state index is -0.486. The molecule has 128 valence electrons. The lowest BCUT2D eigenvalue weighted by molar-refractivity contribution is -0.139. The maximum atomic E-state index is 11.5. The molecule has 0 aromatic carbocycles. The largest absolute Gasteiger partial charge is 0.299 e. The quantitative estimate of drug-likeness (QED) is 0.644. The van der Waals surface area contributed by atoms with Gasteiger partial charge in [-0.05, 0) is 43.7 Å². The molecule has 1 spiro atoms. The highest BCUT2D eigenvalue weighted by Gasteiger charge is 2.58. The smallest absolute Gasteiger partial charge is 0.276 e. The van der Waals surface area contributed by atoms with Crippen LogP contribution < -0.4 is 5.48 Å². The molecule has 3 heterocycles. The molecule has 6 heteroatoms. The molecule has 2 saturated carbocycles. The van der Waals surface area contributed by atoms with Crippen molar-refractivity contribution < 1.29 is 10.0 Å². The molecular weight excluding hydrogens is 304 g/mol. The molecule has 1 unspecified atom stereocenters. The molecule has 2 aliphatic carbocycles. The normalized spacial score (nSPS) is 28.8. The van der Waals surface area contributed by atoms with E-state index in [0.717, 1.165) is 36.8 Å². The van der Waals surface area contributed by atoms with Crippen molar-refractivity contribution in [3.8, 4) is 0 Å². The van der Waals surface area contributed by atoms with Gasteiger partial charge < -0.3 is 0 Å². The first-order chi connectivity index (χ1) is 11.7. The number of fused-ring (bicyclic) bond motifs is 1. The van der Waals surface area contributed by atoms with Gasteiger partial charge in [0.05, 0.1) is 11.3 Å². The molecule has 1 atom stereocenters. The maximum absolute atomic E-state index is 11.5. The molecule has 6 nitrogen and oxygen atoms in total. The zero-order valence-electron chi connectivity index (χ0n) is 13.9. The summed E-state index contributed by atoms with van der Waals surface area (Å²) < 4.78 is 0. The lowest BCUT2D eigenvalue weighted by atomic mass is 9.58. The van der Waals surface area contributed by atoms with Crippen molar-refractivity contribution in [2.45, 2.75) is 50.7 Å². The van der Waals surface area contributed by atoms with Crippen molar-refractivity contribution >= 4 is 5.91 Å². The van der Waals surface area contributed by atoms with Gasteiger partial charge in [0, 0.05) is 49.9 Å². The average Bonchev–Trinajstić information content (AvgIpc) is 3.36. The summed E-state index contributed by atoms with van der Waals surface area (Å²) in [5, 5.41) is 8.76. The van der Waals surface area contributed by atoms with E-state index in [1.807, 2.05) is 6.07 Å². The first-order valence-electron chi connectivity index (χ1n) is 9.09. The first-order valence-corrected chi connectivity index (χ1v) is 9.09. The van der Waals surface area contributed by atoms with Gasteiger partial charge in [-0.15, -0.1) is 0 Å². The SMILES string of the molecule is O=C(NO)c1cnc2c(c1)CCN(C1CCC13CN(C1CC1)C3)C2. The van der Waals surface area contributed by atoms with Gasteiger partial charge in [-0.3, -0.25) is 24.8 Å². The highest BCUT2D eigenvalue weighted by Crippen LogP contribution is 2.53. The Morgan fingerprint density at radius 2 is 2.12 bits per heavy atom. The Kier molecular flexibility index (Phi) is 3.24. The van der Waals surface area contributed by atoms with Crippen molar-refractivity contribution in [1.82, 2.24) is 20.3 Å². The lowest BCUT2D eigenvalue weighted by Gasteiger charge is -2.64. The standard InChI is InChI=1S/C18H24N4O2/c23-17(20-24)13-7-12-4-6-21(9-15(12)19-8-13)16-3-5-18(16)10-22(11-18)14-1-2-14/h7-8,14,16,24H,1-6,9-11H2,(H,20,23). The van der Waals surface area contributed by atoms with Crippen LogP contribution in [0.4, 0.5) is 0 Å². The van der Waals surface area contributed by atoms with Gasteiger partial charge in [0.1, 0.15) is 0 Å². The third-order valence-electron chi connectivity index (χ3n) is 6.61. The fourth-order valence-electron chi connectivity index (χ4n) is 4.97. The van der Waals surface area contributed by atoms with Gasteiger partial charge in [-0.2, -0.15) is 0 Å². The van der Waals surface area contributed by atoms with Crippen LogP contribution in [0, 0.1) is 5.41 Å². The van der Waals surface area contributed by atoms with Crippen LogP contribution in [0.15, 0.2) is 12.3 Å². The van der Waals surface area contributed by atoms with E-state index in [0.29, 0.717) is 17.0 Å². The predicted molar refractivity (Wildman–Crippen MR) is 87.7 cm³/mol. The summed E-state index contributed by atoms with van der Waals surface area (Å²) in [5.74, 6) is -0.486. The number of hydrogen-bond acceptors (Lipinski definition) is 5. The highest BCUT2D eigenvalue weighted by atomic mass is 16.5. The second kappa shape index (κ2) is 5.25. The number of aromatic nitrogens is 1. The molecular formula is C18H24N4O2. The topological polar surface area (TPSA) is 68.7 Å². The molecule has 0 radical (unpaired) electrons. The van der Waals surface area contributed by atoms with Crippen molar-refractivity contribution in [3.63, 3.8) is 0 Å². The molecule has 1 aromatic rings. The Morgan fingerprint density at radius 1 is 1.29 bits per heavy atom. The Bertz CT molecular complexity index is 682. The predicted octanol–water partition coefficient (Wildman–Crippen LogP) is 1.19. The molecule has 2 aliphatic heterocycles. The molecule has 1 saturated heterocycles. The number of amides is 1. The Morgan fingerprint density at radius 3 is 2.79 bits per heavy atom. The lowest BCUT2D eigenvalue weighted by Crippen LogP contribution is -2.71. The fraction of sp³-hybridized carbons (Fsp3) is 0.667. The van der Waals surface area contributed by atoms with Gasteiger partial charge in [-0.1, -0.05) is 0 Å². The summed E-state index contributed by atoms with van der Waals surface area (Å²) in [6.45, 7) is 4.55. The number of carbonyl (C=O) groups excluding carboxylic acids is 1. The number of rotatable bonds is 3. The van der Waals surface area contributed by atoms with Crippen LogP contribution in [0.2, 0.25) is 0 Å². The third kappa shape index (κ3) is 2.20. The Balaban J connectivity index is 1.28. The first kappa shape index (κ1) is 14.8. The molecule has 24 heavy (non-hydrogen) atoms. The van der Waals surface area contributed by atoms with E-state index in [2.05, 4.69) is 14.8 Å². The second-order valence-electron chi connectivity index (χ2n) is 8.04. The summed E-state index contributed by atoms with van der Waals surface area (Å²) in [7, 11) is 0. The molecule has 3 fully saturated rings. The second-order valence-corrected chi connectivity index (χ2v) is 8.04. The van der Waals surface area contributed by atoms with Crippen molar-refractivity contribution in [2.24, 2.45) is 5.41 Å². The summed E-state index contributed by atoms with van der Waals surface area (Å²) in [4.78, 5) is 21.3. The van der Waals surface area contributed by atoms with Gasteiger partial charge in [-0.25, -0.2) is 5.48 Å². The van der Waals surface area contributed by atoms with E-state index in [4.69, 9.17) is 5.21 Å². The zero-order chi connectivity index (χ0) is 16.3. The van der Waals surface area contributed by atoms with Crippen molar-refractivity contribution in [1.29, 1.82) is 0 Å². The fourth-order valence-corrected chi connectivity index (χ4v) is 4.97. The van der Waals surface area contributed by atoms with Gasteiger partial charge in [0.2, 0.25) is 0 Å². The number of nitrogens with one attached hydrogen (secondary N) is 1. The maximum Gasteiger partial charge on any atom is 0.276 e. The van der Waals surface area contributed by atoms with Crippen LogP contribution >= 0.6 is 0 Å². The van der Waals surface area contributed by atoms with E-state index in [1.165, 1.54) is 38.8 Å². The number of carbonyl (C=O) groups is 1. The summed E-state index contributed by atoms with van der Waals surface area (Å²) in [6, 6.07) is 3.49. The van der Waals surface area contributed by atoms with Crippen LogP contribution in [0.25, 0.3) is 0 Å². The number of likely N-dealkylation sites (tertiary alicyclic amines) is 1. The number of hydroxylamine groups is 1. The average molecular weight is 328 g/mol. The third-order valence-corrected chi connectivity index (χ3v) is 6.61. The molecule has 2 N–H and O–H groups in total. The summed E-state index contributed by atoms with van der Waals surface area (Å²) in [6.07, 6.45) is 8.03. The van der Waals surface area contributed by atoms with E-state index in [-0.39, 0.29) is 0 Å².